The molecule has 1 atom stereocenters. The number of carboxylic acids is 1. The second-order valence-electron chi connectivity index (χ2n) is 8.25. The number of nitrogens with zero attached hydrogens (tertiary/aromatic N) is 3. The van der Waals surface area contributed by atoms with Gasteiger partial charge in [-0.05, 0) is 42.2 Å². The number of aromatic nitrogens is 3. The predicted octanol–water partition coefficient (Wildman–Crippen LogP) is 2.73. The third-order valence-corrected chi connectivity index (χ3v) is 6.21. The highest BCUT2D eigenvalue weighted by Crippen LogP contribution is 2.33. The third-order valence-electron chi connectivity index (χ3n) is 5.97. The lowest BCUT2D eigenvalue weighted by atomic mass is 9.89. The standard InChI is InChI=1S/C24H26ClN5O4/c25-16-5-1-3-15(11-16)18(12-20(32)33)22-21(23(26)34)19(13-31)30(29-22)10-8-17-7-6-14-4-2-9-27-24(14)28-17/h1,3,5-7,11,18,31H,2,4,8-10,12-13H2,(H2,26,34)(H,27,28)(H,32,33). The summed E-state index contributed by atoms with van der Waals surface area (Å²) in [4.78, 5) is 28.7. The number of aliphatic hydroxyl groups excluding tert-OH is 1. The quantitative estimate of drug-likeness (QED) is 0.366. The van der Waals surface area contributed by atoms with Crippen molar-refractivity contribution >= 4 is 29.3 Å². The Labute approximate surface area is 201 Å². The van der Waals surface area contributed by atoms with E-state index < -0.39 is 24.4 Å². The lowest BCUT2D eigenvalue weighted by Gasteiger charge is -2.17. The lowest BCUT2D eigenvalue weighted by molar-refractivity contribution is -0.137. The number of nitrogens with two attached hydrogens (primary N) is 1. The summed E-state index contributed by atoms with van der Waals surface area (Å²) in [5.41, 5.74) is 8.77. The maximum absolute atomic E-state index is 12.4. The summed E-state index contributed by atoms with van der Waals surface area (Å²) in [5.74, 6) is -1.73. The van der Waals surface area contributed by atoms with E-state index in [2.05, 4.69) is 21.5 Å². The van der Waals surface area contributed by atoms with Crippen LogP contribution in [0.2, 0.25) is 5.02 Å². The van der Waals surface area contributed by atoms with Crippen LogP contribution in [0.1, 0.15) is 57.3 Å². The molecule has 4 rings (SSSR count). The van der Waals surface area contributed by atoms with E-state index in [1.165, 1.54) is 10.2 Å². The van der Waals surface area contributed by atoms with E-state index in [0.29, 0.717) is 23.6 Å². The molecule has 1 unspecified atom stereocenters. The molecule has 0 radical (unpaired) electrons. The lowest BCUT2D eigenvalue weighted by Crippen LogP contribution is -2.18. The number of halogens is 1. The molecule has 1 aromatic carbocycles. The predicted molar refractivity (Wildman–Crippen MR) is 127 cm³/mol. The molecule has 10 heteroatoms. The second kappa shape index (κ2) is 10.2. The molecule has 1 aliphatic heterocycles. The number of primary amides is 1. The maximum atomic E-state index is 12.4. The topological polar surface area (TPSA) is 143 Å². The Kier molecular flexibility index (Phi) is 7.14. The van der Waals surface area contributed by atoms with Crippen LogP contribution in [-0.2, 0) is 30.8 Å². The molecule has 3 heterocycles. The Bertz CT molecular complexity index is 1230. The Morgan fingerprint density at radius 3 is 2.79 bits per heavy atom. The molecule has 5 N–H and O–H groups in total. The highest BCUT2D eigenvalue weighted by molar-refractivity contribution is 6.30. The first-order valence-corrected chi connectivity index (χ1v) is 11.4. The van der Waals surface area contributed by atoms with E-state index >= 15 is 0 Å². The molecule has 0 saturated carbocycles. The summed E-state index contributed by atoms with van der Waals surface area (Å²) >= 11 is 6.13. The number of pyridine rings is 1. The van der Waals surface area contributed by atoms with Gasteiger partial charge in [-0.3, -0.25) is 14.3 Å². The van der Waals surface area contributed by atoms with E-state index in [0.717, 1.165) is 30.9 Å². The number of rotatable bonds is 9. The minimum atomic E-state index is -1.06. The summed E-state index contributed by atoms with van der Waals surface area (Å²) in [6, 6.07) is 10.8. The number of aliphatic carboxylic acids is 1. The average Bonchev–Trinajstić information content (AvgIpc) is 3.19. The molecule has 34 heavy (non-hydrogen) atoms. The van der Waals surface area contributed by atoms with E-state index in [-0.39, 0.29) is 23.4 Å². The number of amides is 1. The third kappa shape index (κ3) is 5.05. The molecular formula is C24H26ClN5O4. The molecule has 178 valence electrons. The Morgan fingerprint density at radius 2 is 2.09 bits per heavy atom. The molecule has 1 amide bonds. The van der Waals surface area contributed by atoms with Gasteiger partial charge in [0.15, 0.2) is 0 Å². The van der Waals surface area contributed by atoms with Crippen molar-refractivity contribution < 1.29 is 19.8 Å². The van der Waals surface area contributed by atoms with Crippen molar-refractivity contribution in [1.29, 1.82) is 0 Å². The monoisotopic (exact) mass is 483 g/mol. The number of fused-ring (bicyclic) bond motifs is 1. The van der Waals surface area contributed by atoms with Crippen LogP contribution in [0.3, 0.4) is 0 Å². The number of aliphatic hydroxyl groups is 1. The minimum absolute atomic E-state index is 0.0359. The van der Waals surface area contributed by atoms with Gasteiger partial charge in [0.05, 0.1) is 30.0 Å². The molecule has 0 fully saturated rings. The molecule has 0 bridgehead atoms. The Hall–Kier alpha value is -3.43. The smallest absolute Gasteiger partial charge is 0.304 e. The molecule has 9 nitrogen and oxygen atoms in total. The summed E-state index contributed by atoms with van der Waals surface area (Å²) < 4.78 is 1.52. The molecule has 0 saturated heterocycles. The van der Waals surface area contributed by atoms with Gasteiger partial charge in [0, 0.05) is 36.1 Å². The maximum Gasteiger partial charge on any atom is 0.304 e. The molecule has 3 aromatic rings. The molecule has 0 spiro atoms. The highest BCUT2D eigenvalue weighted by atomic mass is 35.5. The van der Waals surface area contributed by atoms with Crippen molar-refractivity contribution in [3.05, 3.63) is 75.2 Å². The van der Waals surface area contributed by atoms with Gasteiger partial charge in [-0.1, -0.05) is 29.8 Å². The van der Waals surface area contributed by atoms with Crippen molar-refractivity contribution in [2.75, 3.05) is 11.9 Å². The van der Waals surface area contributed by atoms with Crippen LogP contribution in [0.25, 0.3) is 0 Å². The zero-order chi connectivity index (χ0) is 24.2. The van der Waals surface area contributed by atoms with Gasteiger partial charge in [0.25, 0.3) is 5.91 Å². The number of nitrogens with one attached hydrogen (secondary N) is 1. The van der Waals surface area contributed by atoms with Gasteiger partial charge in [0.2, 0.25) is 0 Å². The van der Waals surface area contributed by atoms with E-state index in [1.807, 2.05) is 6.07 Å². The fourth-order valence-electron chi connectivity index (χ4n) is 4.37. The van der Waals surface area contributed by atoms with E-state index in [4.69, 9.17) is 17.3 Å². The van der Waals surface area contributed by atoms with Crippen LogP contribution < -0.4 is 11.1 Å². The zero-order valence-corrected chi connectivity index (χ0v) is 19.3. The number of carbonyl (C=O) groups excluding carboxylic acids is 1. The first-order valence-electron chi connectivity index (χ1n) is 11.1. The van der Waals surface area contributed by atoms with Crippen molar-refractivity contribution in [3.8, 4) is 0 Å². The summed E-state index contributed by atoms with van der Waals surface area (Å²) in [6.45, 7) is 0.744. The van der Waals surface area contributed by atoms with Crippen molar-refractivity contribution in [3.63, 3.8) is 0 Å². The summed E-state index contributed by atoms with van der Waals surface area (Å²) in [5, 5.41) is 27.9. The van der Waals surface area contributed by atoms with E-state index in [9.17, 15) is 19.8 Å². The van der Waals surface area contributed by atoms with Gasteiger partial charge in [0.1, 0.15) is 5.82 Å². The van der Waals surface area contributed by atoms with Gasteiger partial charge >= 0.3 is 5.97 Å². The molecule has 2 aromatic heterocycles. The number of benzene rings is 1. The minimum Gasteiger partial charge on any atom is -0.481 e. The summed E-state index contributed by atoms with van der Waals surface area (Å²) in [6.07, 6.45) is 2.25. The summed E-state index contributed by atoms with van der Waals surface area (Å²) in [7, 11) is 0. The van der Waals surface area contributed by atoms with Gasteiger partial charge in [-0.25, -0.2) is 4.98 Å². The van der Waals surface area contributed by atoms with Crippen LogP contribution in [0, 0.1) is 0 Å². The Balaban J connectivity index is 1.70. The second-order valence-corrected chi connectivity index (χ2v) is 8.68. The van der Waals surface area contributed by atoms with Crippen LogP contribution in [0.5, 0.6) is 0 Å². The fraction of sp³-hybridized carbons (Fsp3) is 0.333. The number of carboxylic acid groups (broad SMARTS) is 1. The first-order chi connectivity index (χ1) is 16.4. The van der Waals surface area contributed by atoms with Crippen LogP contribution in [0.15, 0.2) is 36.4 Å². The fourth-order valence-corrected chi connectivity index (χ4v) is 4.57. The van der Waals surface area contributed by atoms with Crippen molar-refractivity contribution in [1.82, 2.24) is 14.8 Å². The molecular weight excluding hydrogens is 458 g/mol. The number of anilines is 1. The molecule has 0 aliphatic carbocycles. The normalized spacial score (nSPS) is 13.7. The first kappa shape index (κ1) is 23.7. The highest BCUT2D eigenvalue weighted by Gasteiger charge is 2.30. The Morgan fingerprint density at radius 1 is 1.26 bits per heavy atom. The molecule has 1 aliphatic rings. The van der Waals surface area contributed by atoms with Crippen LogP contribution in [0.4, 0.5) is 5.82 Å². The van der Waals surface area contributed by atoms with Crippen LogP contribution in [-0.4, -0.2) is 43.4 Å². The van der Waals surface area contributed by atoms with Crippen molar-refractivity contribution in [2.45, 2.75) is 44.8 Å². The number of hydrogen-bond acceptors (Lipinski definition) is 6. The zero-order valence-electron chi connectivity index (χ0n) is 18.5. The van der Waals surface area contributed by atoms with Crippen molar-refractivity contribution in [2.24, 2.45) is 5.73 Å². The number of hydrogen-bond donors (Lipinski definition) is 4. The van der Waals surface area contributed by atoms with Gasteiger partial charge < -0.3 is 21.3 Å². The number of aryl methyl sites for hydroxylation is 3. The van der Waals surface area contributed by atoms with E-state index in [1.54, 1.807) is 24.3 Å². The van der Waals surface area contributed by atoms with Gasteiger partial charge in [-0.2, -0.15) is 5.10 Å². The van der Waals surface area contributed by atoms with Crippen LogP contribution >= 0.6 is 11.6 Å². The SMILES string of the molecule is NC(=O)c1c(C(CC(=O)O)c2cccc(Cl)c2)nn(CCc2ccc3c(n2)NCCC3)c1CO. The number of carbonyl (C=O) groups is 2. The largest absolute Gasteiger partial charge is 0.481 e. The van der Waals surface area contributed by atoms with Gasteiger partial charge in [-0.15, -0.1) is 0 Å². The average molecular weight is 484 g/mol.